The summed E-state index contributed by atoms with van der Waals surface area (Å²) in [6.07, 6.45) is 0. The molecule has 0 radical (unpaired) electrons. The van der Waals surface area contributed by atoms with Crippen molar-refractivity contribution < 1.29 is 35.9 Å². The fourth-order valence-electron chi connectivity index (χ4n) is 5.26. The van der Waals surface area contributed by atoms with E-state index in [0.717, 1.165) is 10.8 Å². The smallest absolute Gasteiger partial charge is 0.255 e. The van der Waals surface area contributed by atoms with Gasteiger partial charge in [-0.05, 0) is 71.4 Å². The zero-order valence-corrected chi connectivity index (χ0v) is 26.3. The number of hydrogen-bond donors (Lipinski definition) is 2. The van der Waals surface area contributed by atoms with Crippen molar-refractivity contribution in [3.05, 3.63) is 96.1 Å². The first-order valence-corrected chi connectivity index (χ1v) is 17.5. The largest absolute Gasteiger partial charge is 0.379 e. The predicted molar refractivity (Wildman–Crippen MR) is 172 cm³/mol. The van der Waals surface area contributed by atoms with Crippen molar-refractivity contribution in [1.29, 1.82) is 0 Å². The third-order valence-corrected chi connectivity index (χ3v) is 11.7. The molecule has 12 nitrogen and oxygen atoms in total. The predicted octanol–water partition coefficient (Wildman–Crippen LogP) is 3.39. The number of nitrogens with zero attached hydrogens (tertiary/aromatic N) is 2. The lowest BCUT2D eigenvalue weighted by Gasteiger charge is -2.26. The molecule has 6 rings (SSSR count). The van der Waals surface area contributed by atoms with Gasteiger partial charge in [-0.3, -0.25) is 9.59 Å². The Morgan fingerprint density at radius 2 is 0.891 bits per heavy atom. The normalized spacial score (nSPS) is 16.6. The first-order chi connectivity index (χ1) is 22.1. The molecule has 46 heavy (non-hydrogen) atoms. The molecule has 0 unspecified atom stereocenters. The van der Waals surface area contributed by atoms with Gasteiger partial charge >= 0.3 is 0 Å². The number of carbonyl (C=O) groups is 2. The minimum absolute atomic E-state index is 0.0772. The van der Waals surface area contributed by atoms with Crippen LogP contribution in [0.4, 0.5) is 11.4 Å². The summed E-state index contributed by atoms with van der Waals surface area (Å²) < 4.78 is 65.1. The standard InChI is InChI=1S/C32H32N4O8S2/c37-31(23-5-9-27(10-6-23)45(39,40)35-13-17-43-18-14-35)33-29-21-25-3-1-2-4-26(25)22-30(29)34-32(38)24-7-11-28(12-8-24)46(41,42)36-15-19-44-20-16-36/h1-12,21-22H,13-20H2,(H,33,37)(H,34,38). The first kappa shape index (κ1) is 31.8. The van der Waals surface area contributed by atoms with Crippen LogP contribution in [0.2, 0.25) is 0 Å². The van der Waals surface area contributed by atoms with Crippen LogP contribution in [-0.2, 0) is 29.5 Å². The van der Waals surface area contributed by atoms with Crippen LogP contribution in [0.5, 0.6) is 0 Å². The van der Waals surface area contributed by atoms with Crippen LogP contribution in [0.25, 0.3) is 10.8 Å². The van der Waals surface area contributed by atoms with Crippen molar-refractivity contribution in [3.8, 4) is 0 Å². The van der Waals surface area contributed by atoms with E-state index in [9.17, 15) is 26.4 Å². The number of amides is 2. The molecule has 2 aliphatic heterocycles. The van der Waals surface area contributed by atoms with Crippen molar-refractivity contribution in [2.24, 2.45) is 0 Å². The fraction of sp³-hybridized carbons (Fsp3) is 0.250. The number of nitrogens with one attached hydrogen (secondary N) is 2. The third-order valence-electron chi connectivity index (χ3n) is 7.83. The summed E-state index contributed by atoms with van der Waals surface area (Å²) in [5.74, 6) is -1.00. The van der Waals surface area contributed by atoms with Crippen LogP contribution in [0.3, 0.4) is 0 Å². The van der Waals surface area contributed by atoms with Gasteiger partial charge in [0.15, 0.2) is 0 Å². The number of anilines is 2. The summed E-state index contributed by atoms with van der Waals surface area (Å²) in [7, 11) is -7.44. The number of carbonyl (C=O) groups excluding carboxylic acids is 2. The Labute approximate surface area is 267 Å². The van der Waals surface area contributed by atoms with Crippen LogP contribution in [0.1, 0.15) is 20.7 Å². The molecule has 2 saturated heterocycles. The molecule has 4 aromatic rings. The Kier molecular flexibility index (Phi) is 9.18. The van der Waals surface area contributed by atoms with Gasteiger partial charge in [-0.2, -0.15) is 8.61 Å². The molecule has 0 bridgehead atoms. The second kappa shape index (κ2) is 13.3. The summed E-state index contributed by atoms with van der Waals surface area (Å²) in [4.78, 5) is 26.8. The van der Waals surface area contributed by atoms with Crippen LogP contribution in [0.15, 0.2) is 94.7 Å². The molecule has 0 saturated carbocycles. The summed E-state index contributed by atoms with van der Waals surface area (Å²) in [5, 5.41) is 7.31. The Morgan fingerprint density at radius 3 is 1.24 bits per heavy atom. The molecule has 14 heteroatoms. The highest BCUT2D eigenvalue weighted by molar-refractivity contribution is 7.89. The second-order valence-corrected chi connectivity index (χ2v) is 14.6. The maximum absolute atomic E-state index is 13.3. The van der Waals surface area contributed by atoms with Gasteiger partial charge in [0, 0.05) is 37.3 Å². The van der Waals surface area contributed by atoms with Crippen LogP contribution in [0, 0.1) is 0 Å². The molecule has 2 N–H and O–H groups in total. The Hall–Kier alpha value is -4.18. The number of morpholine rings is 2. The average Bonchev–Trinajstić information content (AvgIpc) is 3.09. The monoisotopic (exact) mass is 664 g/mol. The zero-order valence-electron chi connectivity index (χ0n) is 24.7. The second-order valence-electron chi connectivity index (χ2n) is 10.7. The quantitative estimate of drug-likeness (QED) is 0.291. The van der Waals surface area contributed by atoms with Gasteiger partial charge in [0.05, 0.1) is 47.6 Å². The Morgan fingerprint density at radius 1 is 0.543 bits per heavy atom. The van der Waals surface area contributed by atoms with E-state index in [0.29, 0.717) is 37.8 Å². The van der Waals surface area contributed by atoms with E-state index in [2.05, 4.69) is 10.6 Å². The fourth-order valence-corrected chi connectivity index (χ4v) is 8.08. The number of sulfonamides is 2. The van der Waals surface area contributed by atoms with E-state index in [1.807, 2.05) is 24.3 Å². The molecule has 4 aromatic carbocycles. The number of rotatable bonds is 8. The number of ether oxygens (including phenoxy) is 2. The van der Waals surface area contributed by atoms with Crippen molar-refractivity contribution >= 4 is 54.0 Å². The molecule has 240 valence electrons. The molecule has 0 aliphatic carbocycles. The molecule has 2 amide bonds. The highest BCUT2D eigenvalue weighted by atomic mass is 32.2. The molecule has 2 fully saturated rings. The Bertz CT molecular complexity index is 1830. The molecular formula is C32H32N4O8S2. The molecule has 0 spiro atoms. The van der Waals surface area contributed by atoms with Crippen LogP contribution < -0.4 is 10.6 Å². The topological polar surface area (TPSA) is 151 Å². The van der Waals surface area contributed by atoms with Crippen LogP contribution >= 0.6 is 0 Å². The highest BCUT2D eigenvalue weighted by Crippen LogP contribution is 2.30. The molecule has 0 atom stereocenters. The first-order valence-electron chi connectivity index (χ1n) is 14.6. The van der Waals surface area contributed by atoms with Gasteiger partial charge in [0.2, 0.25) is 20.0 Å². The van der Waals surface area contributed by atoms with Gasteiger partial charge in [-0.25, -0.2) is 16.8 Å². The van der Waals surface area contributed by atoms with Gasteiger partial charge in [-0.1, -0.05) is 24.3 Å². The minimum atomic E-state index is -3.72. The maximum Gasteiger partial charge on any atom is 0.255 e. The Balaban J connectivity index is 1.21. The van der Waals surface area contributed by atoms with Gasteiger partial charge in [0.1, 0.15) is 0 Å². The summed E-state index contributed by atoms with van der Waals surface area (Å²) in [6, 6.07) is 22.3. The third kappa shape index (κ3) is 6.67. The average molecular weight is 665 g/mol. The van der Waals surface area contributed by atoms with E-state index in [1.54, 1.807) is 12.1 Å². The van der Waals surface area contributed by atoms with Crippen LogP contribution in [-0.4, -0.2) is 89.9 Å². The van der Waals surface area contributed by atoms with E-state index in [1.165, 1.54) is 57.1 Å². The summed E-state index contributed by atoms with van der Waals surface area (Å²) in [5.41, 5.74) is 1.11. The molecule has 2 aliphatic rings. The summed E-state index contributed by atoms with van der Waals surface area (Å²) >= 11 is 0. The van der Waals surface area contributed by atoms with Gasteiger partial charge < -0.3 is 20.1 Å². The van der Waals surface area contributed by atoms with Crippen molar-refractivity contribution in [1.82, 2.24) is 8.61 Å². The highest BCUT2D eigenvalue weighted by Gasteiger charge is 2.28. The van der Waals surface area contributed by atoms with E-state index >= 15 is 0 Å². The summed E-state index contributed by atoms with van der Waals surface area (Å²) in [6.45, 7) is 2.35. The van der Waals surface area contributed by atoms with E-state index in [4.69, 9.17) is 9.47 Å². The minimum Gasteiger partial charge on any atom is -0.379 e. The lowest BCUT2D eigenvalue weighted by molar-refractivity contribution is 0.0730. The van der Waals surface area contributed by atoms with Crippen molar-refractivity contribution in [2.45, 2.75) is 9.79 Å². The maximum atomic E-state index is 13.3. The van der Waals surface area contributed by atoms with Gasteiger partial charge in [0.25, 0.3) is 11.8 Å². The number of benzene rings is 4. The molecule has 0 aromatic heterocycles. The zero-order chi connectivity index (χ0) is 32.3. The number of fused-ring (bicyclic) bond motifs is 1. The number of hydrogen-bond acceptors (Lipinski definition) is 8. The molecule has 2 heterocycles. The van der Waals surface area contributed by atoms with Crippen molar-refractivity contribution in [3.63, 3.8) is 0 Å². The molecular weight excluding hydrogens is 633 g/mol. The lowest BCUT2D eigenvalue weighted by Crippen LogP contribution is -2.40. The van der Waals surface area contributed by atoms with E-state index < -0.39 is 31.9 Å². The van der Waals surface area contributed by atoms with Crippen molar-refractivity contribution in [2.75, 3.05) is 63.2 Å². The lowest BCUT2D eigenvalue weighted by atomic mass is 10.1. The SMILES string of the molecule is O=C(Nc1cc2ccccc2cc1NC(=O)c1ccc(S(=O)(=O)N2CCOCC2)cc1)c1ccc(S(=O)(=O)N2CCOCC2)cc1. The van der Waals surface area contributed by atoms with E-state index in [-0.39, 0.29) is 47.1 Å². The van der Waals surface area contributed by atoms with Gasteiger partial charge in [-0.15, -0.1) is 0 Å².